The highest BCUT2D eigenvalue weighted by atomic mass is 19.1. The van der Waals surface area contributed by atoms with E-state index < -0.39 is 17.4 Å². The van der Waals surface area contributed by atoms with Crippen molar-refractivity contribution in [2.45, 2.75) is 0 Å². The first-order chi connectivity index (χ1) is 11.0. The van der Waals surface area contributed by atoms with Crippen molar-refractivity contribution < 1.29 is 18.3 Å². The van der Waals surface area contributed by atoms with Crippen molar-refractivity contribution in [2.75, 3.05) is 0 Å². The fourth-order valence-electron chi connectivity index (χ4n) is 2.86. The van der Waals surface area contributed by atoms with Gasteiger partial charge in [0.1, 0.15) is 17.2 Å². The minimum absolute atomic E-state index is 0.0669. The zero-order valence-electron chi connectivity index (χ0n) is 11.7. The number of fused-ring (bicyclic) bond motifs is 2. The summed E-state index contributed by atoms with van der Waals surface area (Å²) < 4.78 is 27.3. The molecule has 3 aromatic rings. The van der Waals surface area contributed by atoms with Crippen molar-refractivity contribution >= 4 is 28.0 Å². The molecule has 0 saturated heterocycles. The molecule has 0 radical (unpaired) electrons. The lowest BCUT2D eigenvalue weighted by Crippen LogP contribution is -2.17. The predicted octanol–water partition coefficient (Wildman–Crippen LogP) is 3.95. The second-order valence-corrected chi connectivity index (χ2v) is 5.35. The predicted molar refractivity (Wildman–Crippen MR) is 82.0 cm³/mol. The fraction of sp³-hybridized carbons (Fsp3) is 0. The van der Waals surface area contributed by atoms with Crippen LogP contribution in [0, 0.1) is 16.8 Å². The van der Waals surface area contributed by atoms with Crippen LogP contribution in [0.3, 0.4) is 0 Å². The molecule has 0 saturated carbocycles. The summed E-state index contributed by atoms with van der Waals surface area (Å²) in [5.41, 5.74) is 0.0863. The summed E-state index contributed by atoms with van der Waals surface area (Å²) in [6, 6.07) is 13.2. The van der Waals surface area contributed by atoms with Crippen LogP contribution in [0.15, 0.2) is 54.6 Å². The van der Waals surface area contributed by atoms with Gasteiger partial charge in [0.25, 0.3) is 11.5 Å². The van der Waals surface area contributed by atoms with Gasteiger partial charge in [-0.05, 0) is 29.0 Å². The number of halogens is 2. The number of carbonyl (C=O) groups is 1. The maximum Gasteiger partial charge on any atom is 0.273 e. The van der Waals surface area contributed by atoms with Crippen LogP contribution < -0.4 is 0 Å². The third kappa shape index (κ3) is 2.01. The second-order valence-electron chi connectivity index (χ2n) is 5.35. The topological polar surface area (TPSA) is 43.1 Å². The molecule has 0 atom stereocenters. The number of Topliss-reactive ketones (excluding diaryl/α,β-unsaturated/α-hetero) is 1. The molecule has 0 N–H and O–H groups in total. The Hall–Kier alpha value is -3.08. The van der Waals surface area contributed by atoms with E-state index >= 15 is 0 Å². The summed E-state index contributed by atoms with van der Waals surface area (Å²) in [5.74, 6) is -2.21. The van der Waals surface area contributed by atoms with Crippen molar-refractivity contribution in [3.8, 4) is 0 Å². The standard InChI is InChI=1S/C18H9F2NO2/c19-13-5-12(6-14(20)9-13)17-18(22)15-7-10-3-1-2-4-11(10)8-16(15)21(17)23/h1-9H. The lowest BCUT2D eigenvalue weighted by Gasteiger charge is -2.03. The van der Waals surface area contributed by atoms with Gasteiger partial charge in [-0.3, -0.25) is 4.79 Å². The molecular formula is C18H9F2NO2. The van der Waals surface area contributed by atoms with Crippen molar-refractivity contribution in [3.63, 3.8) is 0 Å². The maximum atomic E-state index is 13.4. The van der Waals surface area contributed by atoms with E-state index in [1.807, 2.05) is 24.3 Å². The van der Waals surface area contributed by atoms with E-state index in [0.717, 1.165) is 22.9 Å². The molecule has 0 aromatic heterocycles. The highest BCUT2D eigenvalue weighted by Crippen LogP contribution is 2.32. The first-order valence-electron chi connectivity index (χ1n) is 6.93. The molecule has 112 valence electrons. The summed E-state index contributed by atoms with van der Waals surface area (Å²) in [6.45, 7) is 0. The average molecular weight is 309 g/mol. The van der Waals surface area contributed by atoms with E-state index in [1.54, 1.807) is 12.1 Å². The average Bonchev–Trinajstić information content (AvgIpc) is 2.75. The van der Waals surface area contributed by atoms with Gasteiger partial charge in [-0.2, -0.15) is 4.74 Å². The SMILES string of the molecule is O=C1C(c2cc(F)cc(F)c2)=[N+]([O-])c2cc3ccccc3cc21. The van der Waals surface area contributed by atoms with Gasteiger partial charge in [-0.25, -0.2) is 8.78 Å². The van der Waals surface area contributed by atoms with E-state index in [-0.39, 0.29) is 22.5 Å². The first-order valence-corrected chi connectivity index (χ1v) is 6.93. The molecule has 3 nitrogen and oxygen atoms in total. The van der Waals surface area contributed by atoms with Crippen molar-refractivity contribution in [1.29, 1.82) is 0 Å². The number of hydrogen-bond donors (Lipinski definition) is 0. The highest BCUT2D eigenvalue weighted by molar-refractivity contribution is 6.52. The number of hydrogen-bond acceptors (Lipinski definition) is 2. The first kappa shape index (κ1) is 13.6. The van der Waals surface area contributed by atoms with Gasteiger partial charge in [0.15, 0.2) is 0 Å². The summed E-state index contributed by atoms with van der Waals surface area (Å²) in [7, 11) is 0. The molecule has 1 heterocycles. The minimum Gasteiger partial charge on any atom is -0.618 e. The molecule has 4 rings (SSSR count). The van der Waals surface area contributed by atoms with Crippen LogP contribution in [-0.2, 0) is 0 Å². The lowest BCUT2D eigenvalue weighted by atomic mass is 10.00. The molecular weight excluding hydrogens is 300 g/mol. The molecule has 0 amide bonds. The van der Waals surface area contributed by atoms with Crippen molar-refractivity contribution in [2.24, 2.45) is 0 Å². The molecule has 3 aromatic carbocycles. The Morgan fingerprint density at radius 3 is 2.13 bits per heavy atom. The smallest absolute Gasteiger partial charge is 0.273 e. The Morgan fingerprint density at radius 2 is 1.48 bits per heavy atom. The van der Waals surface area contributed by atoms with Gasteiger partial charge < -0.3 is 5.21 Å². The largest absolute Gasteiger partial charge is 0.618 e. The normalized spacial score (nSPS) is 13.7. The fourth-order valence-corrected chi connectivity index (χ4v) is 2.86. The summed E-state index contributed by atoms with van der Waals surface area (Å²) in [4.78, 5) is 12.6. The molecule has 0 spiro atoms. The van der Waals surface area contributed by atoms with Crippen LogP contribution in [0.5, 0.6) is 0 Å². The third-order valence-electron chi connectivity index (χ3n) is 3.88. The number of ketones is 1. The van der Waals surface area contributed by atoms with Crippen LogP contribution in [-0.4, -0.2) is 16.2 Å². The number of rotatable bonds is 1. The molecule has 1 aliphatic rings. The van der Waals surface area contributed by atoms with Gasteiger partial charge in [-0.15, -0.1) is 0 Å². The Balaban J connectivity index is 1.96. The number of carbonyl (C=O) groups excluding carboxylic acids is 1. The Bertz CT molecular complexity index is 1000. The molecule has 23 heavy (non-hydrogen) atoms. The van der Waals surface area contributed by atoms with Crippen LogP contribution >= 0.6 is 0 Å². The maximum absolute atomic E-state index is 13.4. The van der Waals surface area contributed by atoms with Gasteiger partial charge in [0, 0.05) is 12.1 Å². The van der Waals surface area contributed by atoms with Gasteiger partial charge in [0.05, 0.1) is 5.56 Å². The minimum atomic E-state index is -0.838. The number of benzene rings is 3. The zero-order chi connectivity index (χ0) is 16.1. The quantitative estimate of drug-likeness (QED) is 0.504. The summed E-state index contributed by atoms with van der Waals surface area (Å²) in [6.07, 6.45) is 0. The van der Waals surface area contributed by atoms with E-state index in [2.05, 4.69) is 0 Å². The van der Waals surface area contributed by atoms with E-state index in [0.29, 0.717) is 10.8 Å². The van der Waals surface area contributed by atoms with Crippen LogP contribution in [0.25, 0.3) is 10.8 Å². The van der Waals surface area contributed by atoms with Crippen LogP contribution in [0.4, 0.5) is 14.5 Å². The molecule has 0 bridgehead atoms. The van der Waals surface area contributed by atoms with Crippen molar-refractivity contribution in [1.82, 2.24) is 0 Å². The third-order valence-corrected chi connectivity index (χ3v) is 3.88. The summed E-state index contributed by atoms with van der Waals surface area (Å²) in [5, 5.41) is 14.1. The summed E-state index contributed by atoms with van der Waals surface area (Å²) >= 11 is 0. The Labute approximate surface area is 129 Å². The van der Waals surface area contributed by atoms with E-state index in [4.69, 9.17) is 0 Å². The Morgan fingerprint density at radius 1 is 0.870 bits per heavy atom. The molecule has 5 heteroatoms. The van der Waals surface area contributed by atoms with E-state index in [1.165, 1.54) is 0 Å². The lowest BCUT2D eigenvalue weighted by molar-refractivity contribution is -0.355. The highest BCUT2D eigenvalue weighted by Gasteiger charge is 2.37. The second kappa shape index (κ2) is 4.71. The number of nitrogens with zero attached hydrogens (tertiary/aromatic N) is 1. The molecule has 0 fully saturated rings. The van der Waals surface area contributed by atoms with E-state index in [9.17, 15) is 18.8 Å². The van der Waals surface area contributed by atoms with Gasteiger partial charge >= 0.3 is 0 Å². The molecule has 1 aliphatic heterocycles. The van der Waals surface area contributed by atoms with Crippen LogP contribution in [0.1, 0.15) is 15.9 Å². The van der Waals surface area contributed by atoms with Crippen molar-refractivity contribution in [3.05, 3.63) is 82.6 Å². The van der Waals surface area contributed by atoms with Gasteiger partial charge in [-0.1, -0.05) is 24.3 Å². The molecule has 0 unspecified atom stereocenters. The van der Waals surface area contributed by atoms with Gasteiger partial charge in [0.2, 0.25) is 5.69 Å². The molecule has 0 aliphatic carbocycles. The Kier molecular flexibility index (Phi) is 2.78. The monoisotopic (exact) mass is 309 g/mol. The van der Waals surface area contributed by atoms with Crippen LogP contribution in [0.2, 0.25) is 0 Å². The zero-order valence-corrected chi connectivity index (χ0v) is 11.7.